The van der Waals surface area contributed by atoms with E-state index in [4.69, 9.17) is 26.4 Å². The predicted octanol–water partition coefficient (Wildman–Crippen LogP) is 5.34. The molecule has 1 heterocycles. The van der Waals surface area contributed by atoms with Crippen molar-refractivity contribution in [1.29, 1.82) is 5.26 Å². The molecule has 0 atom stereocenters. The standard InChI is InChI=1S/C24H22ClN5O4/c25-20-12-19(10-7-17(20)13-26)28-24-30-29-23(34-24)22(33)27-18-8-5-16(6-9-18)15-3-1-14(2-4-15)11-21(31)32/h5-10,12,14-15H,1-4,11H2,(H,27,33)(H,28,30)(H,31,32)/t14-,15-. The number of hydrogen-bond donors (Lipinski definition) is 3. The third kappa shape index (κ3) is 5.71. The minimum absolute atomic E-state index is 0.0137. The second kappa shape index (κ2) is 10.4. The van der Waals surface area contributed by atoms with Crippen molar-refractivity contribution >= 4 is 40.9 Å². The van der Waals surface area contributed by atoms with E-state index in [2.05, 4.69) is 20.8 Å². The van der Waals surface area contributed by atoms with Crippen LogP contribution in [0.25, 0.3) is 0 Å². The lowest BCUT2D eigenvalue weighted by Gasteiger charge is -2.28. The van der Waals surface area contributed by atoms with E-state index in [1.165, 1.54) is 5.56 Å². The Hall–Kier alpha value is -3.90. The lowest BCUT2D eigenvalue weighted by molar-refractivity contribution is -0.138. The van der Waals surface area contributed by atoms with Crippen LogP contribution in [0.3, 0.4) is 0 Å². The number of aliphatic carboxylic acids is 1. The van der Waals surface area contributed by atoms with Crippen molar-refractivity contribution < 1.29 is 19.1 Å². The van der Waals surface area contributed by atoms with Gasteiger partial charge in [-0.15, -0.1) is 5.10 Å². The Labute approximate surface area is 200 Å². The van der Waals surface area contributed by atoms with Crippen molar-refractivity contribution in [2.75, 3.05) is 10.6 Å². The normalized spacial score (nSPS) is 17.5. The molecule has 0 bridgehead atoms. The molecule has 174 valence electrons. The number of hydrogen-bond acceptors (Lipinski definition) is 7. The number of amides is 1. The van der Waals surface area contributed by atoms with Gasteiger partial charge in [-0.1, -0.05) is 28.8 Å². The van der Waals surface area contributed by atoms with E-state index < -0.39 is 11.9 Å². The van der Waals surface area contributed by atoms with Gasteiger partial charge >= 0.3 is 23.8 Å². The Morgan fingerprint density at radius 3 is 2.44 bits per heavy atom. The molecule has 0 spiro atoms. The number of carbonyl (C=O) groups excluding carboxylic acids is 1. The first kappa shape index (κ1) is 23.3. The SMILES string of the molecule is N#Cc1ccc(Nc2nnc(C(=O)Nc3ccc([C@H]4CC[C@H](CC(=O)O)CC4)cc3)o2)cc1Cl. The molecule has 0 unspecified atom stereocenters. The molecule has 0 radical (unpaired) electrons. The predicted molar refractivity (Wildman–Crippen MR) is 125 cm³/mol. The summed E-state index contributed by atoms with van der Waals surface area (Å²) in [6.45, 7) is 0. The molecule has 0 aliphatic heterocycles. The number of nitriles is 1. The van der Waals surface area contributed by atoms with Crippen molar-refractivity contribution in [3.05, 3.63) is 64.5 Å². The Balaban J connectivity index is 1.32. The van der Waals surface area contributed by atoms with Crippen molar-refractivity contribution in [3.8, 4) is 6.07 Å². The average molecular weight is 480 g/mol. The maximum atomic E-state index is 12.5. The van der Waals surface area contributed by atoms with Crippen molar-refractivity contribution in [2.45, 2.75) is 38.0 Å². The topological polar surface area (TPSA) is 141 Å². The highest BCUT2D eigenvalue weighted by Gasteiger charge is 2.24. The summed E-state index contributed by atoms with van der Waals surface area (Å²) >= 11 is 6.01. The molecule has 4 rings (SSSR count). The number of nitrogens with zero attached hydrogens (tertiary/aromatic N) is 3. The molecule has 2 aromatic carbocycles. The molecule has 1 aromatic heterocycles. The molecule has 1 saturated carbocycles. The van der Waals surface area contributed by atoms with Gasteiger partial charge in [0.25, 0.3) is 0 Å². The average Bonchev–Trinajstić information content (AvgIpc) is 3.29. The van der Waals surface area contributed by atoms with E-state index >= 15 is 0 Å². The van der Waals surface area contributed by atoms with Gasteiger partial charge in [-0.05, 0) is 73.4 Å². The monoisotopic (exact) mass is 479 g/mol. The highest BCUT2D eigenvalue weighted by Crippen LogP contribution is 2.37. The van der Waals surface area contributed by atoms with E-state index in [9.17, 15) is 9.59 Å². The number of carbonyl (C=O) groups is 2. The van der Waals surface area contributed by atoms with Crippen molar-refractivity contribution in [1.82, 2.24) is 10.2 Å². The third-order valence-electron chi connectivity index (χ3n) is 5.91. The maximum Gasteiger partial charge on any atom is 0.320 e. The number of aromatic nitrogens is 2. The minimum Gasteiger partial charge on any atom is -0.481 e. The molecule has 0 saturated heterocycles. The van der Waals surface area contributed by atoms with Crippen LogP contribution in [0.4, 0.5) is 17.4 Å². The van der Waals surface area contributed by atoms with Gasteiger partial charge in [-0.2, -0.15) is 5.26 Å². The van der Waals surface area contributed by atoms with Gasteiger partial charge in [0.1, 0.15) is 6.07 Å². The van der Waals surface area contributed by atoms with E-state index in [-0.39, 0.29) is 29.3 Å². The Kier molecular flexibility index (Phi) is 7.09. The number of nitrogens with one attached hydrogen (secondary N) is 2. The first-order chi connectivity index (χ1) is 16.4. The highest BCUT2D eigenvalue weighted by atomic mass is 35.5. The highest BCUT2D eigenvalue weighted by molar-refractivity contribution is 6.32. The molecule has 10 heteroatoms. The van der Waals surface area contributed by atoms with Crippen LogP contribution in [0.2, 0.25) is 5.02 Å². The molecular weight excluding hydrogens is 458 g/mol. The minimum atomic E-state index is -0.730. The van der Waals surface area contributed by atoms with Crippen LogP contribution in [0.5, 0.6) is 0 Å². The Morgan fingerprint density at radius 1 is 1.09 bits per heavy atom. The number of anilines is 3. The lowest BCUT2D eigenvalue weighted by Crippen LogP contribution is -2.16. The zero-order valence-electron chi connectivity index (χ0n) is 18.1. The van der Waals surface area contributed by atoms with Crippen molar-refractivity contribution in [3.63, 3.8) is 0 Å². The van der Waals surface area contributed by atoms with Crippen LogP contribution in [0, 0.1) is 17.2 Å². The maximum absolute atomic E-state index is 12.5. The van der Waals surface area contributed by atoms with Crippen LogP contribution in [-0.4, -0.2) is 27.2 Å². The fourth-order valence-electron chi connectivity index (χ4n) is 4.14. The summed E-state index contributed by atoms with van der Waals surface area (Å²) in [6.07, 6.45) is 4.00. The summed E-state index contributed by atoms with van der Waals surface area (Å²) in [6, 6.07) is 14.3. The van der Waals surface area contributed by atoms with Gasteiger partial charge < -0.3 is 20.2 Å². The first-order valence-corrected chi connectivity index (χ1v) is 11.2. The quantitative estimate of drug-likeness (QED) is 0.412. The molecule has 3 N–H and O–H groups in total. The molecule has 34 heavy (non-hydrogen) atoms. The second-order valence-electron chi connectivity index (χ2n) is 8.24. The molecule has 1 aliphatic carbocycles. The number of halogens is 1. The van der Waals surface area contributed by atoms with Crippen molar-refractivity contribution in [2.24, 2.45) is 5.92 Å². The van der Waals surface area contributed by atoms with Crippen LogP contribution in [0.15, 0.2) is 46.9 Å². The van der Waals surface area contributed by atoms with E-state index in [0.717, 1.165) is 25.7 Å². The summed E-state index contributed by atoms with van der Waals surface area (Å²) in [5, 5.41) is 31.3. The Morgan fingerprint density at radius 2 is 1.79 bits per heavy atom. The van der Waals surface area contributed by atoms with E-state index in [1.807, 2.05) is 30.3 Å². The second-order valence-corrected chi connectivity index (χ2v) is 8.64. The molecule has 3 aromatic rings. The van der Waals surface area contributed by atoms with Gasteiger partial charge in [0.2, 0.25) is 0 Å². The fourth-order valence-corrected chi connectivity index (χ4v) is 4.37. The number of carboxylic acid groups (broad SMARTS) is 1. The molecule has 9 nitrogen and oxygen atoms in total. The zero-order chi connectivity index (χ0) is 24.1. The molecule has 1 aliphatic rings. The lowest BCUT2D eigenvalue weighted by atomic mass is 9.77. The smallest absolute Gasteiger partial charge is 0.320 e. The van der Waals surface area contributed by atoms with Gasteiger partial charge in [0.15, 0.2) is 0 Å². The van der Waals surface area contributed by atoms with Crippen LogP contribution < -0.4 is 10.6 Å². The van der Waals surface area contributed by atoms with Crippen LogP contribution in [-0.2, 0) is 4.79 Å². The summed E-state index contributed by atoms with van der Waals surface area (Å²) in [5.41, 5.74) is 2.65. The molecular formula is C24H22ClN5O4. The molecule has 1 amide bonds. The zero-order valence-corrected chi connectivity index (χ0v) is 18.9. The summed E-state index contributed by atoms with van der Waals surface area (Å²) < 4.78 is 5.38. The number of carboxylic acids is 1. The van der Waals surface area contributed by atoms with Crippen LogP contribution in [0.1, 0.15) is 59.8 Å². The largest absolute Gasteiger partial charge is 0.481 e. The summed E-state index contributed by atoms with van der Waals surface area (Å²) in [7, 11) is 0. The summed E-state index contributed by atoms with van der Waals surface area (Å²) in [5.74, 6) is -0.820. The van der Waals surface area contributed by atoms with Gasteiger partial charge in [-0.25, -0.2) is 0 Å². The fraction of sp³-hybridized carbons (Fsp3) is 0.292. The van der Waals surface area contributed by atoms with Crippen LogP contribution >= 0.6 is 11.6 Å². The van der Waals surface area contributed by atoms with E-state index in [0.29, 0.717) is 22.9 Å². The first-order valence-electron chi connectivity index (χ1n) is 10.8. The molecule has 1 fully saturated rings. The number of rotatable bonds is 7. The summed E-state index contributed by atoms with van der Waals surface area (Å²) in [4.78, 5) is 23.4. The van der Waals surface area contributed by atoms with E-state index in [1.54, 1.807) is 18.2 Å². The number of benzene rings is 2. The van der Waals surface area contributed by atoms with Gasteiger partial charge in [-0.3, -0.25) is 9.59 Å². The Bertz CT molecular complexity index is 1230. The third-order valence-corrected chi connectivity index (χ3v) is 6.22. The van der Waals surface area contributed by atoms with Gasteiger partial charge in [0.05, 0.1) is 10.6 Å². The van der Waals surface area contributed by atoms with Gasteiger partial charge in [0, 0.05) is 17.8 Å².